The lowest BCUT2D eigenvalue weighted by Crippen LogP contribution is -2.35. The number of hydrogen-bond acceptors (Lipinski definition) is 5. The Kier molecular flexibility index (Phi) is 7.70. The van der Waals surface area contributed by atoms with Gasteiger partial charge in [0.25, 0.3) is 11.8 Å². The van der Waals surface area contributed by atoms with E-state index >= 15 is 0 Å². The second-order valence-electron chi connectivity index (χ2n) is 8.06. The average Bonchev–Trinajstić information content (AvgIpc) is 3.24. The molecule has 9 heteroatoms. The predicted octanol–water partition coefficient (Wildman–Crippen LogP) is 5.48. The van der Waals surface area contributed by atoms with Crippen molar-refractivity contribution in [1.82, 2.24) is 4.90 Å². The van der Waals surface area contributed by atoms with E-state index in [4.69, 9.17) is 23.8 Å². The molecule has 6 nitrogen and oxygen atoms in total. The van der Waals surface area contributed by atoms with Gasteiger partial charge in [0.1, 0.15) is 10.9 Å². The van der Waals surface area contributed by atoms with Gasteiger partial charge in [0, 0.05) is 22.8 Å². The number of carbonyl (C=O) groups excluding carboxylic acids is 3. The Morgan fingerprint density at radius 2 is 1.82 bits per heavy atom. The van der Waals surface area contributed by atoms with Crippen molar-refractivity contribution in [2.45, 2.75) is 32.6 Å². The molecule has 2 aliphatic heterocycles. The molecule has 2 aromatic carbocycles. The summed E-state index contributed by atoms with van der Waals surface area (Å²) in [6.45, 7) is 2.49. The summed E-state index contributed by atoms with van der Waals surface area (Å²) in [5, 5.41) is 3.27. The van der Waals surface area contributed by atoms with Crippen LogP contribution in [0.1, 0.15) is 38.2 Å². The second kappa shape index (κ2) is 10.7. The molecule has 0 unspecified atom stereocenters. The monoisotopic (exact) mass is 513 g/mol. The summed E-state index contributed by atoms with van der Waals surface area (Å²) in [6, 6.07) is 14.0. The van der Waals surface area contributed by atoms with Crippen LogP contribution in [0.15, 0.2) is 53.4 Å². The maximum Gasteiger partial charge on any atom is 0.267 e. The maximum atomic E-state index is 13.5. The molecule has 1 saturated heterocycles. The Morgan fingerprint density at radius 3 is 2.59 bits per heavy atom. The van der Waals surface area contributed by atoms with Crippen molar-refractivity contribution < 1.29 is 14.4 Å². The molecule has 0 saturated carbocycles. The lowest BCUT2D eigenvalue weighted by molar-refractivity contribution is -0.122. The Hall–Kier alpha value is -2.68. The quantitative estimate of drug-likeness (QED) is 0.287. The van der Waals surface area contributed by atoms with E-state index in [9.17, 15) is 14.4 Å². The number of anilines is 2. The van der Waals surface area contributed by atoms with Crippen LogP contribution in [0.5, 0.6) is 0 Å². The molecule has 34 heavy (non-hydrogen) atoms. The summed E-state index contributed by atoms with van der Waals surface area (Å²) in [7, 11) is 0. The highest BCUT2D eigenvalue weighted by atomic mass is 35.5. The highest BCUT2D eigenvalue weighted by Gasteiger charge is 2.42. The summed E-state index contributed by atoms with van der Waals surface area (Å²) < 4.78 is 0.464. The molecule has 4 rings (SSSR count). The fourth-order valence-electron chi connectivity index (χ4n) is 4.01. The number of amides is 3. The maximum absolute atomic E-state index is 13.5. The minimum atomic E-state index is -0.381. The van der Waals surface area contributed by atoms with Gasteiger partial charge in [0.05, 0.1) is 16.2 Å². The topological polar surface area (TPSA) is 69.7 Å². The number of halogens is 1. The van der Waals surface area contributed by atoms with Gasteiger partial charge in [0.2, 0.25) is 5.91 Å². The molecule has 0 bridgehead atoms. The van der Waals surface area contributed by atoms with Crippen LogP contribution in [0.25, 0.3) is 5.57 Å². The van der Waals surface area contributed by atoms with Gasteiger partial charge < -0.3 is 5.32 Å². The third kappa shape index (κ3) is 5.04. The molecular formula is C25H24ClN3O3S2. The molecule has 2 aliphatic rings. The summed E-state index contributed by atoms with van der Waals surface area (Å²) in [6.07, 6.45) is 4.10. The van der Waals surface area contributed by atoms with Crippen LogP contribution in [-0.2, 0) is 14.4 Å². The van der Waals surface area contributed by atoms with Crippen molar-refractivity contribution in [3.8, 4) is 0 Å². The number of thioether (sulfide) groups is 1. The van der Waals surface area contributed by atoms with Crippen LogP contribution in [0.3, 0.4) is 0 Å². The van der Waals surface area contributed by atoms with E-state index in [0.717, 1.165) is 37.4 Å². The first-order valence-corrected chi connectivity index (χ1v) is 12.8. The number of thiocarbonyl (C=S) groups is 1. The first-order chi connectivity index (χ1) is 16.4. The molecule has 2 heterocycles. The standard InChI is InChI=1S/C25H24ClN3O3S2/c1-2-3-4-7-13-28-24(32)22(34-25(28)33)21-18-11-5-6-12-19(18)29(23(21)31)15-20(30)27-17-10-8-9-16(26)14-17/h5-6,8-12,14H,2-4,7,13,15H2,1H3,(H,27,30)/b22-21-. The van der Waals surface area contributed by atoms with Crippen molar-refractivity contribution >= 4 is 74.6 Å². The van der Waals surface area contributed by atoms with E-state index < -0.39 is 0 Å². The molecule has 3 amide bonds. The van der Waals surface area contributed by atoms with Crippen molar-refractivity contribution in [1.29, 1.82) is 0 Å². The minimum absolute atomic E-state index is 0.191. The van der Waals surface area contributed by atoms with Crippen molar-refractivity contribution in [3.05, 3.63) is 64.0 Å². The number of hydrogen-bond donors (Lipinski definition) is 1. The van der Waals surface area contributed by atoms with Gasteiger partial charge in [-0.15, -0.1) is 0 Å². The predicted molar refractivity (Wildman–Crippen MR) is 142 cm³/mol. The van der Waals surface area contributed by atoms with Gasteiger partial charge in [-0.25, -0.2) is 0 Å². The highest BCUT2D eigenvalue weighted by molar-refractivity contribution is 8.26. The van der Waals surface area contributed by atoms with Gasteiger partial charge >= 0.3 is 0 Å². The van der Waals surface area contributed by atoms with E-state index in [1.54, 1.807) is 47.4 Å². The van der Waals surface area contributed by atoms with Gasteiger partial charge in [-0.3, -0.25) is 24.2 Å². The molecule has 0 spiro atoms. The zero-order valence-electron chi connectivity index (χ0n) is 18.7. The van der Waals surface area contributed by atoms with Crippen LogP contribution >= 0.6 is 35.6 Å². The first kappa shape index (κ1) is 24.4. The van der Waals surface area contributed by atoms with E-state index in [0.29, 0.717) is 43.3 Å². The Labute approximate surface area is 213 Å². The van der Waals surface area contributed by atoms with Crippen LogP contribution in [0.2, 0.25) is 5.02 Å². The number of fused-ring (bicyclic) bond motifs is 1. The molecule has 0 aliphatic carbocycles. The number of nitrogens with zero attached hydrogens (tertiary/aromatic N) is 2. The molecular weight excluding hydrogens is 490 g/mol. The van der Waals surface area contributed by atoms with E-state index in [1.165, 1.54) is 4.90 Å². The lowest BCUT2D eigenvalue weighted by atomic mass is 10.1. The fourth-order valence-corrected chi connectivity index (χ4v) is 5.58. The van der Waals surface area contributed by atoms with Gasteiger partial charge in [-0.05, 0) is 30.7 Å². The van der Waals surface area contributed by atoms with Crippen LogP contribution in [-0.4, -0.2) is 40.0 Å². The number of para-hydroxylation sites is 1. The SMILES string of the molecule is CCCCCCN1C(=O)/C(=C2/C(=O)N(CC(=O)Nc3cccc(Cl)c3)c3ccccc32)SC1=S. The summed E-state index contributed by atoms with van der Waals surface area (Å²) in [5.41, 5.74) is 2.08. The Morgan fingerprint density at radius 1 is 1.03 bits per heavy atom. The van der Waals surface area contributed by atoms with Gasteiger partial charge in [-0.1, -0.05) is 86.0 Å². The third-order valence-corrected chi connectivity index (χ3v) is 7.33. The third-order valence-electron chi connectivity index (χ3n) is 5.64. The normalized spacial score (nSPS) is 17.5. The summed E-state index contributed by atoms with van der Waals surface area (Å²) in [5.74, 6) is -0.987. The number of benzene rings is 2. The molecule has 0 atom stereocenters. The smallest absolute Gasteiger partial charge is 0.267 e. The lowest BCUT2D eigenvalue weighted by Gasteiger charge is -2.17. The van der Waals surface area contributed by atoms with E-state index in [2.05, 4.69) is 12.2 Å². The highest BCUT2D eigenvalue weighted by Crippen LogP contribution is 2.44. The number of nitrogens with one attached hydrogen (secondary N) is 1. The first-order valence-electron chi connectivity index (χ1n) is 11.1. The summed E-state index contributed by atoms with van der Waals surface area (Å²) >= 11 is 12.6. The average molecular weight is 514 g/mol. The molecule has 2 aromatic rings. The van der Waals surface area contributed by atoms with Gasteiger partial charge in [-0.2, -0.15) is 0 Å². The largest absolute Gasteiger partial charge is 0.324 e. The van der Waals surface area contributed by atoms with Crippen LogP contribution < -0.4 is 10.2 Å². The number of rotatable bonds is 8. The number of unbranched alkanes of at least 4 members (excludes halogenated alkanes) is 3. The Bertz CT molecular complexity index is 1200. The fraction of sp³-hybridized carbons (Fsp3) is 0.280. The van der Waals surface area contributed by atoms with E-state index in [-0.39, 0.29) is 24.3 Å². The molecule has 0 aromatic heterocycles. The Balaban J connectivity index is 1.57. The zero-order chi connectivity index (χ0) is 24.2. The summed E-state index contributed by atoms with van der Waals surface area (Å²) in [4.78, 5) is 42.8. The van der Waals surface area contributed by atoms with Gasteiger partial charge in [0.15, 0.2) is 0 Å². The molecule has 0 radical (unpaired) electrons. The van der Waals surface area contributed by atoms with Crippen molar-refractivity contribution in [2.75, 3.05) is 23.3 Å². The molecule has 1 N–H and O–H groups in total. The van der Waals surface area contributed by atoms with E-state index in [1.807, 2.05) is 6.07 Å². The minimum Gasteiger partial charge on any atom is -0.324 e. The van der Waals surface area contributed by atoms with Crippen LogP contribution in [0, 0.1) is 0 Å². The van der Waals surface area contributed by atoms with Crippen molar-refractivity contribution in [3.63, 3.8) is 0 Å². The number of carbonyl (C=O) groups is 3. The molecule has 176 valence electrons. The second-order valence-corrected chi connectivity index (χ2v) is 10.1. The zero-order valence-corrected chi connectivity index (χ0v) is 21.1. The molecule has 1 fully saturated rings. The van der Waals surface area contributed by atoms with Crippen molar-refractivity contribution in [2.24, 2.45) is 0 Å². The van der Waals surface area contributed by atoms with Crippen LogP contribution in [0.4, 0.5) is 11.4 Å².